The lowest BCUT2D eigenvalue weighted by atomic mass is 10.0. The van der Waals surface area contributed by atoms with E-state index in [1.54, 1.807) is 14.2 Å². The predicted molar refractivity (Wildman–Crippen MR) is 56.1 cm³/mol. The molecule has 1 saturated heterocycles. The van der Waals surface area contributed by atoms with E-state index >= 15 is 0 Å². The highest BCUT2D eigenvalue weighted by Crippen LogP contribution is 2.26. The summed E-state index contributed by atoms with van der Waals surface area (Å²) in [5, 5.41) is 0. The van der Waals surface area contributed by atoms with Gasteiger partial charge in [-0.15, -0.1) is 0 Å². The van der Waals surface area contributed by atoms with Gasteiger partial charge in [-0.2, -0.15) is 0 Å². The van der Waals surface area contributed by atoms with Crippen LogP contribution in [0.1, 0.15) is 19.3 Å². The van der Waals surface area contributed by atoms with Crippen LogP contribution >= 0.6 is 0 Å². The first-order valence-electron chi connectivity index (χ1n) is 5.29. The number of nitrogens with two attached hydrogens (primary N) is 1. The highest BCUT2D eigenvalue weighted by Gasteiger charge is 2.33. The molecular formula is C10H22N2O2. The molecule has 0 aromatic carbocycles. The summed E-state index contributed by atoms with van der Waals surface area (Å²) in [6, 6.07) is 0. The van der Waals surface area contributed by atoms with Gasteiger partial charge in [0.25, 0.3) is 0 Å². The molecule has 0 unspecified atom stereocenters. The minimum absolute atomic E-state index is 0.334. The molecule has 4 heteroatoms. The summed E-state index contributed by atoms with van der Waals surface area (Å²) >= 11 is 0. The van der Waals surface area contributed by atoms with Gasteiger partial charge >= 0.3 is 0 Å². The number of nitrogens with zero attached hydrogens (tertiary/aromatic N) is 1. The van der Waals surface area contributed by atoms with Crippen molar-refractivity contribution in [1.29, 1.82) is 0 Å². The fraction of sp³-hybridized carbons (Fsp3) is 1.00. The van der Waals surface area contributed by atoms with E-state index in [0.717, 1.165) is 45.4 Å². The van der Waals surface area contributed by atoms with Crippen molar-refractivity contribution >= 4 is 0 Å². The van der Waals surface area contributed by atoms with E-state index in [1.165, 1.54) is 0 Å². The van der Waals surface area contributed by atoms with E-state index < -0.39 is 0 Å². The molecule has 14 heavy (non-hydrogen) atoms. The first kappa shape index (κ1) is 11.9. The van der Waals surface area contributed by atoms with Crippen molar-refractivity contribution in [1.82, 2.24) is 4.90 Å². The van der Waals surface area contributed by atoms with Gasteiger partial charge < -0.3 is 20.1 Å². The number of hydrogen-bond donors (Lipinski definition) is 1. The summed E-state index contributed by atoms with van der Waals surface area (Å²) < 4.78 is 10.8. The lowest BCUT2D eigenvalue weighted by Crippen LogP contribution is -2.47. The Hall–Kier alpha value is -0.160. The zero-order valence-electron chi connectivity index (χ0n) is 9.29. The molecule has 1 aliphatic heterocycles. The maximum Gasteiger partial charge on any atom is 0.169 e. The molecule has 1 rings (SSSR count). The number of methoxy groups -OCH3 is 2. The Morgan fingerprint density at radius 2 is 1.79 bits per heavy atom. The minimum Gasteiger partial charge on any atom is -0.353 e. The Kier molecular flexibility index (Phi) is 4.81. The van der Waals surface area contributed by atoms with Gasteiger partial charge in [0.05, 0.1) is 0 Å². The van der Waals surface area contributed by atoms with Crippen LogP contribution in [0.5, 0.6) is 0 Å². The van der Waals surface area contributed by atoms with Crippen molar-refractivity contribution in [2.45, 2.75) is 25.0 Å². The molecule has 4 nitrogen and oxygen atoms in total. The Morgan fingerprint density at radius 1 is 1.21 bits per heavy atom. The molecule has 84 valence electrons. The predicted octanol–water partition coefficient (Wildman–Crippen LogP) is 0.420. The molecule has 1 fully saturated rings. The van der Waals surface area contributed by atoms with Gasteiger partial charge in [-0.3, -0.25) is 0 Å². The lowest BCUT2D eigenvalue weighted by molar-refractivity contribution is -0.229. The van der Waals surface area contributed by atoms with E-state index in [1.807, 2.05) is 0 Å². The quantitative estimate of drug-likeness (QED) is 0.656. The number of ether oxygens (including phenoxy) is 2. The van der Waals surface area contributed by atoms with Crippen LogP contribution in [-0.2, 0) is 9.47 Å². The summed E-state index contributed by atoms with van der Waals surface area (Å²) in [5.74, 6) is -0.334. The van der Waals surface area contributed by atoms with Crippen molar-refractivity contribution in [3.05, 3.63) is 0 Å². The number of piperidine rings is 1. The van der Waals surface area contributed by atoms with Gasteiger partial charge in [-0.25, -0.2) is 0 Å². The number of likely N-dealkylation sites (tertiary alicyclic amines) is 1. The Balaban J connectivity index is 2.29. The van der Waals surface area contributed by atoms with Gasteiger partial charge in [-0.05, 0) is 19.5 Å². The maximum absolute atomic E-state index is 5.48. The summed E-state index contributed by atoms with van der Waals surface area (Å²) in [4.78, 5) is 2.42. The highest BCUT2D eigenvalue weighted by atomic mass is 16.7. The summed E-state index contributed by atoms with van der Waals surface area (Å²) in [7, 11) is 3.44. The first-order valence-corrected chi connectivity index (χ1v) is 5.29. The summed E-state index contributed by atoms with van der Waals surface area (Å²) in [6.45, 7) is 3.96. The van der Waals surface area contributed by atoms with Gasteiger partial charge in [0.1, 0.15) is 0 Å². The highest BCUT2D eigenvalue weighted by molar-refractivity contribution is 4.79. The van der Waals surface area contributed by atoms with Gasteiger partial charge in [-0.1, -0.05) is 0 Å². The molecule has 0 atom stereocenters. The summed E-state index contributed by atoms with van der Waals surface area (Å²) in [6.07, 6.45) is 2.97. The van der Waals surface area contributed by atoms with Gasteiger partial charge in [0.2, 0.25) is 0 Å². The molecule has 1 aliphatic rings. The largest absolute Gasteiger partial charge is 0.353 e. The standard InChI is InChI=1S/C10H22N2O2/c1-13-10(14-2)4-8-12(9-5-10)7-3-6-11/h3-9,11H2,1-2H3. The lowest BCUT2D eigenvalue weighted by Gasteiger charge is -2.39. The van der Waals surface area contributed by atoms with Crippen LogP contribution in [0, 0.1) is 0 Å². The normalized spacial score (nSPS) is 22.5. The van der Waals surface area contributed by atoms with Crippen molar-refractivity contribution in [2.24, 2.45) is 5.73 Å². The first-order chi connectivity index (χ1) is 6.76. The molecule has 2 N–H and O–H groups in total. The number of hydrogen-bond acceptors (Lipinski definition) is 4. The average Bonchev–Trinajstić information content (AvgIpc) is 2.27. The second-order valence-electron chi connectivity index (χ2n) is 3.80. The van der Waals surface area contributed by atoms with E-state index in [-0.39, 0.29) is 5.79 Å². The third kappa shape index (κ3) is 2.92. The zero-order valence-corrected chi connectivity index (χ0v) is 9.29. The topological polar surface area (TPSA) is 47.7 Å². The molecular weight excluding hydrogens is 180 g/mol. The van der Waals surface area contributed by atoms with Crippen LogP contribution in [0.15, 0.2) is 0 Å². The Labute approximate surface area is 86.3 Å². The molecule has 0 aliphatic carbocycles. The van der Waals surface area contributed by atoms with Gasteiger partial charge in [0, 0.05) is 40.2 Å². The van der Waals surface area contributed by atoms with Crippen LogP contribution in [0.25, 0.3) is 0 Å². The van der Waals surface area contributed by atoms with E-state index in [9.17, 15) is 0 Å². The maximum atomic E-state index is 5.48. The van der Waals surface area contributed by atoms with Crippen molar-refractivity contribution < 1.29 is 9.47 Å². The molecule has 0 aromatic heterocycles. The molecule has 0 spiro atoms. The second-order valence-corrected chi connectivity index (χ2v) is 3.80. The van der Waals surface area contributed by atoms with Crippen LogP contribution in [0.2, 0.25) is 0 Å². The zero-order chi connectivity index (χ0) is 10.4. The van der Waals surface area contributed by atoms with Gasteiger partial charge in [0.15, 0.2) is 5.79 Å². The fourth-order valence-electron chi connectivity index (χ4n) is 1.92. The van der Waals surface area contributed by atoms with E-state index in [4.69, 9.17) is 15.2 Å². The third-order valence-electron chi connectivity index (χ3n) is 3.04. The van der Waals surface area contributed by atoms with E-state index in [0.29, 0.717) is 0 Å². The number of rotatable bonds is 5. The summed E-state index contributed by atoms with van der Waals surface area (Å²) in [5.41, 5.74) is 5.48. The molecule has 0 amide bonds. The minimum atomic E-state index is -0.334. The molecule has 0 radical (unpaired) electrons. The molecule has 0 aromatic rings. The fourth-order valence-corrected chi connectivity index (χ4v) is 1.92. The Morgan fingerprint density at radius 3 is 2.21 bits per heavy atom. The van der Waals surface area contributed by atoms with E-state index in [2.05, 4.69) is 4.90 Å². The second kappa shape index (κ2) is 5.66. The van der Waals surface area contributed by atoms with Crippen LogP contribution in [-0.4, -0.2) is 51.1 Å². The SMILES string of the molecule is COC1(OC)CCN(CCCN)CC1. The third-order valence-corrected chi connectivity index (χ3v) is 3.04. The van der Waals surface area contributed by atoms with Crippen molar-refractivity contribution in [3.8, 4) is 0 Å². The monoisotopic (exact) mass is 202 g/mol. The smallest absolute Gasteiger partial charge is 0.169 e. The van der Waals surface area contributed by atoms with Crippen molar-refractivity contribution in [2.75, 3.05) is 40.4 Å². The molecule has 1 heterocycles. The Bertz CT molecular complexity index is 150. The van der Waals surface area contributed by atoms with Crippen LogP contribution in [0.4, 0.5) is 0 Å². The van der Waals surface area contributed by atoms with Crippen molar-refractivity contribution in [3.63, 3.8) is 0 Å². The van der Waals surface area contributed by atoms with Crippen LogP contribution in [0.3, 0.4) is 0 Å². The molecule has 0 saturated carbocycles. The molecule has 0 bridgehead atoms. The average molecular weight is 202 g/mol. The van der Waals surface area contributed by atoms with Crippen LogP contribution < -0.4 is 5.73 Å².